The summed E-state index contributed by atoms with van der Waals surface area (Å²) in [5.41, 5.74) is 1.24. The predicted molar refractivity (Wildman–Crippen MR) is 67.1 cm³/mol. The fourth-order valence-corrected chi connectivity index (χ4v) is 2.13. The average molecular weight is 255 g/mol. The van der Waals surface area contributed by atoms with Crippen LogP contribution < -0.4 is 5.32 Å². The molecule has 0 aliphatic carbocycles. The Morgan fingerprint density at radius 2 is 2.06 bits per heavy atom. The van der Waals surface area contributed by atoms with Crippen molar-refractivity contribution in [2.24, 2.45) is 0 Å². The molecule has 0 saturated heterocycles. The molecular formula is C12H17NO3S. The van der Waals surface area contributed by atoms with E-state index in [1.807, 2.05) is 11.4 Å². The molecule has 94 valence electrons. The second kappa shape index (κ2) is 7.84. The highest BCUT2D eigenvalue weighted by atomic mass is 32.1. The molecule has 17 heavy (non-hydrogen) atoms. The summed E-state index contributed by atoms with van der Waals surface area (Å²) in [5, 5.41) is 15.3. The first-order valence-electron chi connectivity index (χ1n) is 5.68. The highest BCUT2D eigenvalue weighted by molar-refractivity contribution is 7.07. The van der Waals surface area contributed by atoms with Crippen LogP contribution in [0.3, 0.4) is 0 Å². The van der Waals surface area contributed by atoms with Crippen LogP contribution in [-0.2, 0) is 16.0 Å². The first-order valence-corrected chi connectivity index (χ1v) is 6.62. The number of hydrogen-bond donors (Lipinski definition) is 2. The Labute approximate surface area is 105 Å². The van der Waals surface area contributed by atoms with E-state index in [0.29, 0.717) is 25.8 Å². The Morgan fingerprint density at radius 3 is 2.71 bits per heavy atom. The highest BCUT2D eigenvalue weighted by Crippen LogP contribution is 2.05. The first-order chi connectivity index (χ1) is 8.18. The molecule has 0 fully saturated rings. The summed E-state index contributed by atoms with van der Waals surface area (Å²) in [6.07, 6.45) is 2.60. The largest absolute Gasteiger partial charge is 0.481 e. The van der Waals surface area contributed by atoms with Crippen molar-refractivity contribution in [2.75, 3.05) is 6.54 Å². The number of unbranched alkanes of at least 4 members (excludes halogenated alkanes) is 1. The van der Waals surface area contributed by atoms with Crippen LogP contribution in [-0.4, -0.2) is 23.5 Å². The number of carbonyl (C=O) groups excluding carboxylic acids is 1. The number of hydrogen-bond acceptors (Lipinski definition) is 3. The molecule has 1 heterocycles. The van der Waals surface area contributed by atoms with Crippen LogP contribution in [0.15, 0.2) is 16.8 Å². The van der Waals surface area contributed by atoms with Crippen molar-refractivity contribution in [3.8, 4) is 0 Å². The molecule has 0 atom stereocenters. The van der Waals surface area contributed by atoms with Gasteiger partial charge in [0.05, 0.1) is 0 Å². The van der Waals surface area contributed by atoms with Crippen molar-refractivity contribution in [1.29, 1.82) is 0 Å². The molecule has 0 aliphatic rings. The van der Waals surface area contributed by atoms with Crippen LogP contribution in [0.4, 0.5) is 0 Å². The maximum absolute atomic E-state index is 11.4. The normalized spacial score (nSPS) is 10.1. The van der Waals surface area contributed by atoms with Gasteiger partial charge in [-0.05, 0) is 41.7 Å². The van der Waals surface area contributed by atoms with Gasteiger partial charge in [0.25, 0.3) is 0 Å². The lowest BCUT2D eigenvalue weighted by atomic mass is 10.2. The Bertz CT molecular complexity index is 349. The van der Waals surface area contributed by atoms with Gasteiger partial charge in [0.1, 0.15) is 0 Å². The minimum Gasteiger partial charge on any atom is -0.481 e. The number of carboxylic acids is 1. The molecule has 0 spiro atoms. The number of rotatable bonds is 8. The van der Waals surface area contributed by atoms with E-state index in [0.717, 1.165) is 6.42 Å². The highest BCUT2D eigenvalue weighted by Gasteiger charge is 2.02. The van der Waals surface area contributed by atoms with Gasteiger partial charge in [-0.3, -0.25) is 9.59 Å². The Morgan fingerprint density at radius 1 is 1.29 bits per heavy atom. The molecule has 1 aromatic rings. The Hall–Kier alpha value is -1.36. The van der Waals surface area contributed by atoms with Crippen LogP contribution in [0, 0.1) is 0 Å². The maximum Gasteiger partial charge on any atom is 0.303 e. The third kappa shape index (κ3) is 6.73. The van der Waals surface area contributed by atoms with Crippen molar-refractivity contribution in [3.05, 3.63) is 22.4 Å². The third-order valence-corrected chi connectivity index (χ3v) is 3.09. The van der Waals surface area contributed by atoms with Crippen LogP contribution in [0.1, 0.15) is 31.2 Å². The van der Waals surface area contributed by atoms with E-state index in [9.17, 15) is 9.59 Å². The van der Waals surface area contributed by atoms with Crippen LogP contribution >= 0.6 is 11.3 Å². The van der Waals surface area contributed by atoms with Gasteiger partial charge >= 0.3 is 5.97 Å². The second-order valence-corrected chi connectivity index (χ2v) is 4.61. The fourth-order valence-electron chi connectivity index (χ4n) is 1.43. The monoisotopic (exact) mass is 255 g/mol. The smallest absolute Gasteiger partial charge is 0.303 e. The number of aliphatic carboxylic acids is 1. The fraction of sp³-hybridized carbons (Fsp3) is 0.500. The SMILES string of the molecule is O=C(O)CCCCC(=O)NCCc1ccsc1. The first kappa shape index (κ1) is 13.7. The van der Waals surface area contributed by atoms with E-state index >= 15 is 0 Å². The van der Waals surface area contributed by atoms with Crippen LogP contribution in [0.25, 0.3) is 0 Å². The summed E-state index contributed by atoms with van der Waals surface area (Å²) in [7, 11) is 0. The topological polar surface area (TPSA) is 66.4 Å². The predicted octanol–water partition coefficient (Wildman–Crippen LogP) is 2.05. The summed E-state index contributed by atoms with van der Waals surface area (Å²) in [6, 6.07) is 2.05. The average Bonchev–Trinajstić information content (AvgIpc) is 2.77. The minimum atomic E-state index is -0.803. The second-order valence-electron chi connectivity index (χ2n) is 3.83. The zero-order chi connectivity index (χ0) is 12.5. The van der Waals surface area contributed by atoms with E-state index < -0.39 is 5.97 Å². The molecule has 0 saturated carbocycles. The number of carboxylic acid groups (broad SMARTS) is 1. The summed E-state index contributed by atoms with van der Waals surface area (Å²) in [5.74, 6) is -0.798. The molecular weight excluding hydrogens is 238 g/mol. The van der Waals surface area contributed by atoms with E-state index in [1.54, 1.807) is 11.3 Å². The van der Waals surface area contributed by atoms with Gasteiger partial charge < -0.3 is 10.4 Å². The summed E-state index contributed by atoms with van der Waals surface area (Å²) >= 11 is 1.65. The summed E-state index contributed by atoms with van der Waals surface area (Å²) in [4.78, 5) is 21.6. The minimum absolute atomic E-state index is 0.00520. The van der Waals surface area contributed by atoms with Gasteiger partial charge in [-0.15, -0.1) is 0 Å². The van der Waals surface area contributed by atoms with Gasteiger partial charge in [0.2, 0.25) is 5.91 Å². The van der Waals surface area contributed by atoms with Crippen molar-refractivity contribution in [2.45, 2.75) is 32.1 Å². The van der Waals surface area contributed by atoms with Crippen molar-refractivity contribution >= 4 is 23.2 Å². The number of thiophene rings is 1. The van der Waals surface area contributed by atoms with Crippen molar-refractivity contribution in [1.82, 2.24) is 5.32 Å². The lowest BCUT2D eigenvalue weighted by molar-refractivity contribution is -0.137. The summed E-state index contributed by atoms with van der Waals surface area (Å²) in [6.45, 7) is 0.647. The van der Waals surface area contributed by atoms with E-state index in [-0.39, 0.29) is 12.3 Å². The van der Waals surface area contributed by atoms with E-state index in [4.69, 9.17) is 5.11 Å². The molecule has 0 aromatic carbocycles. The zero-order valence-electron chi connectivity index (χ0n) is 9.65. The molecule has 2 N–H and O–H groups in total. The van der Waals surface area contributed by atoms with Gasteiger partial charge in [-0.1, -0.05) is 0 Å². The molecule has 1 rings (SSSR count). The number of carbonyl (C=O) groups is 2. The molecule has 0 aliphatic heterocycles. The molecule has 0 bridgehead atoms. The van der Waals surface area contributed by atoms with Gasteiger partial charge in [0.15, 0.2) is 0 Å². The van der Waals surface area contributed by atoms with Gasteiger partial charge in [0, 0.05) is 19.4 Å². The summed E-state index contributed by atoms with van der Waals surface area (Å²) < 4.78 is 0. The molecule has 5 heteroatoms. The molecule has 4 nitrogen and oxygen atoms in total. The van der Waals surface area contributed by atoms with E-state index in [2.05, 4.69) is 10.7 Å². The molecule has 0 radical (unpaired) electrons. The van der Waals surface area contributed by atoms with Crippen molar-refractivity contribution < 1.29 is 14.7 Å². The Kier molecular flexibility index (Phi) is 6.32. The van der Waals surface area contributed by atoms with Crippen LogP contribution in [0.5, 0.6) is 0 Å². The standard InChI is InChI=1S/C12H17NO3S/c14-11(3-1-2-4-12(15)16)13-7-5-10-6-8-17-9-10/h6,8-9H,1-5,7H2,(H,13,14)(H,15,16). The lowest BCUT2D eigenvalue weighted by Gasteiger charge is -2.03. The van der Waals surface area contributed by atoms with Crippen molar-refractivity contribution in [3.63, 3.8) is 0 Å². The Balaban J connectivity index is 1.99. The quantitative estimate of drug-likeness (QED) is 0.699. The molecule has 1 aromatic heterocycles. The number of amides is 1. The third-order valence-electron chi connectivity index (χ3n) is 2.36. The molecule has 0 unspecified atom stereocenters. The van der Waals surface area contributed by atoms with Gasteiger partial charge in [-0.2, -0.15) is 11.3 Å². The zero-order valence-corrected chi connectivity index (χ0v) is 10.5. The van der Waals surface area contributed by atoms with Crippen LogP contribution in [0.2, 0.25) is 0 Å². The maximum atomic E-state index is 11.4. The molecule has 1 amide bonds. The lowest BCUT2D eigenvalue weighted by Crippen LogP contribution is -2.25. The number of nitrogens with one attached hydrogen (secondary N) is 1. The van der Waals surface area contributed by atoms with Gasteiger partial charge in [-0.25, -0.2) is 0 Å². The van der Waals surface area contributed by atoms with E-state index in [1.165, 1.54) is 5.56 Å².